The van der Waals surface area contributed by atoms with Gasteiger partial charge >= 0.3 is 0 Å². The van der Waals surface area contributed by atoms with Gasteiger partial charge in [0.15, 0.2) is 0 Å². The standard InChI is InChI=1S/C22H14BrF3N2O2/c23-13-6-9-18-15(10-13)21(12-4-7-14(24)8-5-12)28(11-19(29)27-18)22(30)20-16(25)2-1-3-17(20)26/h1-10,21H,11H2,(H,27,29)/t21-/m0/s1. The van der Waals surface area contributed by atoms with Gasteiger partial charge in [0.05, 0.1) is 6.04 Å². The van der Waals surface area contributed by atoms with Crippen molar-refractivity contribution < 1.29 is 22.8 Å². The highest BCUT2D eigenvalue weighted by Crippen LogP contribution is 2.38. The van der Waals surface area contributed by atoms with Crippen LogP contribution in [-0.2, 0) is 4.79 Å². The predicted molar refractivity (Wildman–Crippen MR) is 108 cm³/mol. The van der Waals surface area contributed by atoms with Crippen LogP contribution in [0, 0.1) is 17.5 Å². The molecular formula is C22H14BrF3N2O2. The minimum Gasteiger partial charge on any atom is -0.324 e. The molecule has 8 heteroatoms. The van der Waals surface area contributed by atoms with E-state index >= 15 is 0 Å². The van der Waals surface area contributed by atoms with E-state index in [1.807, 2.05) is 0 Å². The van der Waals surface area contributed by atoms with Gasteiger partial charge in [-0.05, 0) is 48.0 Å². The topological polar surface area (TPSA) is 49.4 Å². The Bertz CT molecular complexity index is 1130. The number of hydrogen-bond acceptors (Lipinski definition) is 2. The minimum absolute atomic E-state index is 0.444. The molecule has 0 radical (unpaired) electrons. The monoisotopic (exact) mass is 474 g/mol. The lowest BCUT2D eigenvalue weighted by Gasteiger charge is -2.31. The summed E-state index contributed by atoms with van der Waals surface area (Å²) in [7, 11) is 0. The maximum Gasteiger partial charge on any atom is 0.261 e. The van der Waals surface area contributed by atoms with Crippen molar-refractivity contribution in [3.63, 3.8) is 0 Å². The molecule has 0 aromatic heterocycles. The zero-order valence-corrected chi connectivity index (χ0v) is 16.9. The fourth-order valence-corrected chi connectivity index (χ4v) is 3.90. The van der Waals surface area contributed by atoms with Gasteiger partial charge in [-0.15, -0.1) is 0 Å². The molecule has 1 N–H and O–H groups in total. The van der Waals surface area contributed by atoms with Crippen LogP contribution in [0.2, 0.25) is 0 Å². The Morgan fingerprint density at radius 1 is 1.00 bits per heavy atom. The highest BCUT2D eigenvalue weighted by Gasteiger charge is 2.36. The third kappa shape index (κ3) is 3.70. The number of nitrogens with one attached hydrogen (secondary N) is 1. The van der Waals surface area contributed by atoms with E-state index in [1.54, 1.807) is 18.2 Å². The number of hydrogen-bond donors (Lipinski definition) is 1. The van der Waals surface area contributed by atoms with Crippen molar-refractivity contribution >= 4 is 33.4 Å². The zero-order valence-electron chi connectivity index (χ0n) is 15.3. The molecule has 1 atom stereocenters. The number of benzene rings is 3. The molecule has 0 fully saturated rings. The first-order valence-electron chi connectivity index (χ1n) is 8.95. The van der Waals surface area contributed by atoms with E-state index in [2.05, 4.69) is 21.2 Å². The summed E-state index contributed by atoms with van der Waals surface area (Å²) in [5, 5.41) is 2.71. The Morgan fingerprint density at radius 2 is 1.67 bits per heavy atom. The molecule has 0 bridgehead atoms. The summed E-state index contributed by atoms with van der Waals surface area (Å²) >= 11 is 3.37. The van der Waals surface area contributed by atoms with E-state index in [9.17, 15) is 22.8 Å². The van der Waals surface area contributed by atoms with E-state index in [-0.39, 0.29) is 0 Å². The third-order valence-electron chi connectivity index (χ3n) is 4.83. The third-order valence-corrected chi connectivity index (χ3v) is 5.32. The minimum atomic E-state index is -1.03. The molecule has 0 aliphatic carbocycles. The van der Waals surface area contributed by atoms with Crippen molar-refractivity contribution in [2.75, 3.05) is 11.9 Å². The van der Waals surface area contributed by atoms with Gasteiger partial charge in [-0.25, -0.2) is 13.2 Å². The van der Waals surface area contributed by atoms with Gasteiger partial charge in [0.25, 0.3) is 5.91 Å². The van der Waals surface area contributed by atoms with Crippen molar-refractivity contribution in [1.82, 2.24) is 4.90 Å². The number of amides is 2. The summed E-state index contributed by atoms with van der Waals surface area (Å²) in [5.41, 5.74) is 0.696. The Labute approximate surface area is 178 Å². The van der Waals surface area contributed by atoms with E-state index in [0.717, 1.165) is 23.1 Å². The molecule has 0 spiro atoms. The van der Waals surface area contributed by atoms with Gasteiger partial charge in [0.1, 0.15) is 29.6 Å². The van der Waals surface area contributed by atoms with Crippen molar-refractivity contribution in [2.24, 2.45) is 0 Å². The van der Waals surface area contributed by atoms with Crippen LogP contribution in [-0.4, -0.2) is 23.3 Å². The van der Waals surface area contributed by atoms with Gasteiger partial charge in [-0.1, -0.05) is 34.1 Å². The van der Waals surface area contributed by atoms with Crippen LogP contribution in [0.25, 0.3) is 0 Å². The molecule has 1 heterocycles. The van der Waals surface area contributed by atoms with Crippen LogP contribution in [0.15, 0.2) is 65.1 Å². The van der Waals surface area contributed by atoms with Crippen LogP contribution in [0.3, 0.4) is 0 Å². The van der Waals surface area contributed by atoms with Gasteiger partial charge in [0, 0.05) is 15.7 Å². The van der Waals surface area contributed by atoms with E-state index in [1.165, 1.54) is 24.3 Å². The SMILES string of the molecule is O=C1CN(C(=O)c2c(F)cccc2F)[C@@H](c2ccc(F)cc2)c2cc(Br)ccc2N1. The van der Waals surface area contributed by atoms with Gasteiger partial charge in [0.2, 0.25) is 5.91 Å². The van der Waals surface area contributed by atoms with Crippen LogP contribution < -0.4 is 5.32 Å². The van der Waals surface area contributed by atoms with Gasteiger partial charge in [-0.3, -0.25) is 9.59 Å². The molecule has 4 nitrogen and oxygen atoms in total. The molecular weight excluding hydrogens is 461 g/mol. The Balaban J connectivity index is 1.93. The summed E-state index contributed by atoms with van der Waals surface area (Å²) < 4.78 is 42.9. The number of anilines is 1. The highest BCUT2D eigenvalue weighted by atomic mass is 79.9. The number of nitrogens with zero attached hydrogens (tertiary/aromatic N) is 1. The number of carbonyl (C=O) groups excluding carboxylic acids is 2. The van der Waals surface area contributed by atoms with E-state index in [0.29, 0.717) is 21.3 Å². The smallest absolute Gasteiger partial charge is 0.261 e. The summed E-state index contributed by atoms with van der Waals surface area (Å²) in [6, 6.07) is 12.7. The lowest BCUT2D eigenvalue weighted by atomic mass is 9.95. The Morgan fingerprint density at radius 3 is 2.33 bits per heavy atom. The first kappa shape index (κ1) is 20.2. The molecule has 4 rings (SSSR count). The first-order valence-corrected chi connectivity index (χ1v) is 9.74. The lowest BCUT2D eigenvalue weighted by Crippen LogP contribution is -2.39. The highest BCUT2D eigenvalue weighted by molar-refractivity contribution is 9.10. The van der Waals surface area contributed by atoms with Crippen molar-refractivity contribution in [1.29, 1.82) is 0 Å². The quantitative estimate of drug-likeness (QED) is 0.564. The Kier molecular flexibility index (Phi) is 5.34. The second-order valence-corrected chi connectivity index (χ2v) is 7.68. The summed E-state index contributed by atoms with van der Waals surface area (Å²) in [6.07, 6.45) is 0. The molecule has 0 unspecified atom stereocenters. The number of halogens is 4. The Hall–Kier alpha value is -3.13. The average molecular weight is 475 g/mol. The van der Waals surface area contributed by atoms with Crippen LogP contribution in [0.1, 0.15) is 27.5 Å². The number of carbonyl (C=O) groups is 2. The number of rotatable bonds is 2. The normalized spacial score (nSPS) is 15.9. The second kappa shape index (κ2) is 7.95. The fourth-order valence-electron chi connectivity index (χ4n) is 3.52. The largest absolute Gasteiger partial charge is 0.324 e. The van der Waals surface area contributed by atoms with Crippen LogP contribution in [0.5, 0.6) is 0 Å². The maximum absolute atomic E-state index is 14.4. The molecule has 1 aliphatic rings. The average Bonchev–Trinajstić information content (AvgIpc) is 2.84. The fraction of sp³-hybridized carbons (Fsp3) is 0.0909. The molecule has 3 aromatic carbocycles. The first-order chi connectivity index (χ1) is 14.3. The predicted octanol–water partition coefficient (Wildman–Crippen LogP) is 5.05. The molecule has 1 aliphatic heterocycles. The van der Waals surface area contributed by atoms with Crippen molar-refractivity contribution in [3.05, 3.63) is 99.3 Å². The van der Waals surface area contributed by atoms with E-state index in [4.69, 9.17) is 0 Å². The lowest BCUT2D eigenvalue weighted by molar-refractivity contribution is -0.117. The summed E-state index contributed by atoms with van der Waals surface area (Å²) in [6.45, 7) is -0.444. The summed E-state index contributed by atoms with van der Waals surface area (Å²) in [5.74, 6) is -4.04. The van der Waals surface area contributed by atoms with Crippen molar-refractivity contribution in [3.8, 4) is 0 Å². The number of fused-ring (bicyclic) bond motifs is 1. The van der Waals surface area contributed by atoms with Crippen LogP contribution >= 0.6 is 15.9 Å². The van der Waals surface area contributed by atoms with Gasteiger partial charge < -0.3 is 10.2 Å². The molecule has 3 aromatic rings. The summed E-state index contributed by atoms with van der Waals surface area (Å²) in [4.78, 5) is 26.9. The zero-order chi connectivity index (χ0) is 21.4. The molecule has 30 heavy (non-hydrogen) atoms. The molecule has 0 saturated carbocycles. The van der Waals surface area contributed by atoms with Crippen LogP contribution in [0.4, 0.5) is 18.9 Å². The molecule has 2 amide bonds. The second-order valence-electron chi connectivity index (χ2n) is 6.76. The van der Waals surface area contributed by atoms with E-state index < -0.39 is 47.4 Å². The van der Waals surface area contributed by atoms with Crippen molar-refractivity contribution in [2.45, 2.75) is 6.04 Å². The van der Waals surface area contributed by atoms with Gasteiger partial charge in [-0.2, -0.15) is 0 Å². The molecule has 152 valence electrons. The molecule has 0 saturated heterocycles. The maximum atomic E-state index is 14.4.